The monoisotopic (exact) mass is 408 g/mol. The van der Waals surface area contributed by atoms with Crippen LogP contribution < -0.4 is 10.4 Å². The van der Waals surface area contributed by atoms with E-state index in [0.29, 0.717) is 0 Å². The SMILES string of the molecule is CC(C)C[C@H](C)C1CC1CCO[Si](c1ccccc1)(c1ccccc1)C(C)(C)C. The third kappa shape index (κ3) is 5.03. The van der Waals surface area contributed by atoms with Crippen LogP contribution in [0.3, 0.4) is 0 Å². The molecule has 0 saturated heterocycles. The van der Waals surface area contributed by atoms with Crippen molar-refractivity contribution in [3.05, 3.63) is 60.7 Å². The number of hydrogen-bond acceptors (Lipinski definition) is 1. The summed E-state index contributed by atoms with van der Waals surface area (Å²) in [5, 5.41) is 2.85. The second-order valence-electron chi connectivity index (χ2n) is 10.6. The van der Waals surface area contributed by atoms with Gasteiger partial charge in [0, 0.05) is 6.61 Å². The van der Waals surface area contributed by atoms with E-state index in [1.54, 1.807) is 0 Å². The molecule has 0 aromatic heterocycles. The molecular formula is C27H40OSi. The molecule has 1 fully saturated rings. The quantitative estimate of drug-likeness (QED) is 0.444. The summed E-state index contributed by atoms with van der Waals surface area (Å²) in [5.74, 6) is 3.44. The lowest BCUT2D eigenvalue weighted by Crippen LogP contribution is -2.66. The summed E-state index contributed by atoms with van der Waals surface area (Å²) >= 11 is 0. The van der Waals surface area contributed by atoms with E-state index < -0.39 is 8.32 Å². The molecule has 29 heavy (non-hydrogen) atoms. The van der Waals surface area contributed by atoms with E-state index in [1.807, 2.05) is 0 Å². The fourth-order valence-corrected chi connectivity index (χ4v) is 9.92. The minimum Gasteiger partial charge on any atom is -0.407 e. The van der Waals surface area contributed by atoms with E-state index in [1.165, 1.54) is 29.6 Å². The van der Waals surface area contributed by atoms with E-state index in [2.05, 4.69) is 102 Å². The highest BCUT2D eigenvalue weighted by Gasteiger charge is 2.50. The minimum absolute atomic E-state index is 0.0730. The summed E-state index contributed by atoms with van der Waals surface area (Å²) in [4.78, 5) is 0. The Morgan fingerprint density at radius 1 is 0.897 bits per heavy atom. The Hall–Kier alpha value is -1.38. The maximum atomic E-state index is 7.07. The smallest absolute Gasteiger partial charge is 0.261 e. The number of rotatable bonds is 9. The Morgan fingerprint density at radius 2 is 1.41 bits per heavy atom. The van der Waals surface area contributed by atoms with Crippen molar-refractivity contribution in [2.24, 2.45) is 23.7 Å². The standard InChI is InChI=1S/C27H40OSi/c1-21(2)19-22(3)26-20-23(26)17-18-28-29(27(4,5)6,24-13-9-7-10-14-24)25-15-11-8-12-16-25/h7-16,21-23,26H,17-20H2,1-6H3/t22-,23?,26?/m0/s1. The fraction of sp³-hybridized carbons (Fsp3) is 0.556. The van der Waals surface area contributed by atoms with Gasteiger partial charge in [-0.1, -0.05) is 102 Å². The Balaban J connectivity index is 1.79. The van der Waals surface area contributed by atoms with Gasteiger partial charge in [-0.2, -0.15) is 0 Å². The minimum atomic E-state index is -2.36. The largest absolute Gasteiger partial charge is 0.407 e. The van der Waals surface area contributed by atoms with Crippen molar-refractivity contribution in [3.8, 4) is 0 Å². The van der Waals surface area contributed by atoms with Crippen LogP contribution in [0.1, 0.15) is 60.8 Å². The second kappa shape index (κ2) is 9.18. The van der Waals surface area contributed by atoms with Crippen molar-refractivity contribution >= 4 is 18.7 Å². The van der Waals surface area contributed by atoms with E-state index in [-0.39, 0.29) is 5.04 Å². The van der Waals surface area contributed by atoms with E-state index in [0.717, 1.165) is 30.3 Å². The van der Waals surface area contributed by atoms with Crippen LogP contribution in [0, 0.1) is 23.7 Å². The summed E-state index contributed by atoms with van der Waals surface area (Å²) in [5.41, 5.74) is 0. The van der Waals surface area contributed by atoms with Crippen molar-refractivity contribution in [1.82, 2.24) is 0 Å². The predicted molar refractivity (Wildman–Crippen MR) is 128 cm³/mol. The van der Waals surface area contributed by atoms with E-state index in [9.17, 15) is 0 Å². The van der Waals surface area contributed by atoms with Crippen LogP contribution in [-0.2, 0) is 4.43 Å². The summed E-state index contributed by atoms with van der Waals surface area (Å²) in [6, 6.07) is 22.0. The number of hydrogen-bond donors (Lipinski definition) is 0. The molecule has 1 saturated carbocycles. The van der Waals surface area contributed by atoms with Crippen LogP contribution in [0.4, 0.5) is 0 Å². The molecule has 0 N–H and O–H groups in total. The molecule has 0 bridgehead atoms. The van der Waals surface area contributed by atoms with Crippen LogP contribution in [-0.4, -0.2) is 14.9 Å². The molecule has 1 aliphatic rings. The maximum Gasteiger partial charge on any atom is 0.261 e. The Bertz CT molecular complexity index is 708. The zero-order valence-electron chi connectivity index (χ0n) is 19.3. The third-order valence-corrected chi connectivity index (χ3v) is 11.8. The molecule has 0 amide bonds. The molecule has 0 radical (unpaired) electrons. The Kier molecular flexibility index (Phi) is 7.06. The Morgan fingerprint density at radius 3 is 1.86 bits per heavy atom. The molecule has 0 aliphatic heterocycles. The topological polar surface area (TPSA) is 9.23 Å². The van der Waals surface area contributed by atoms with Gasteiger partial charge in [0.15, 0.2) is 0 Å². The van der Waals surface area contributed by atoms with Crippen LogP contribution in [0.5, 0.6) is 0 Å². The Labute approximate surface area is 180 Å². The molecule has 2 unspecified atom stereocenters. The molecule has 3 rings (SSSR count). The first-order valence-corrected chi connectivity index (χ1v) is 13.4. The highest BCUT2D eigenvalue weighted by Crippen LogP contribution is 2.48. The molecule has 1 aliphatic carbocycles. The average molecular weight is 409 g/mol. The van der Waals surface area contributed by atoms with Gasteiger partial charge >= 0.3 is 0 Å². The van der Waals surface area contributed by atoms with Gasteiger partial charge < -0.3 is 4.43 Å². The third-order valence-electron chi connectivity index (χ3n) is 6.78. The second-order valence-corrected chi connectivity index (χ2v) is 14.9. The molecule has 0 spiro atoms. The first kappa shape index (κ1) is 22.3. The average Bonchev–Trinajstić information content (AvgIpc) is 3.45. The molecule has 0 heterocycles. The van der Waals surface area contributed by atoms with Crippen molar-refractivity contribution in [1.29, 1.82) is 0 Å². The fourth-order valence-electron chi connectivity index (χ4n) is 5.34. The molecule has 1 nitrogen and oxygen atoms in total. The van der Waals surface area contributed by atoms with Gasteiger partial charge in [0.25, 0.3) is 8.32 Å². The molecule has 2 heteroatoms. The van der Waals surface area contributed by atoms with Crippen molar-refractivity contribution in [2.75, 3.05) is 6.61 Å². The first-order valence-electron chi connectivity index (χ1n) is 11.5. The van der Waals surface area contributed by atoms with Gasteiger partial charge in [-0.15, -0.1) is 0 Å². The lowest BCUT2D eigenvalue weighted by molar-refractivity contribution is 0.274. The molecule has 3 atom stereocenters. The number of benzene rings is 2. The molecule has 2 aromatic rings. The first-order chi connectivity index (χ1) is 13.8. The van der Waals surface area contributed by atoms with E-state index >= 15 is 0 Å². The molecular weight excluding hydrogens is 368 g/mol. The van der Waals surface area contributed by atoms with Crippen LogP contribution >= 0.6 is 0 Å². The van der Waals surface area contributed by atoms with Crippen LogP contribution in [0.2, 0.25) is 5.04 Å². The lowest BCUT2D eigenvalue weighted by Gasteiger charge is -2.43. The summed E-state index contributed by atoms with van der Waals surface area (Å²) in [7, 11) is -2.36. The molecule has 158 valence electrons. The van der Waals surface area contributed by atoms with Gasteiger partial charge in [-0.3, -0.25) is 0 Å². The van der Waals surface area contributed by atoms with Gasteiger partial charge in [-0.25, -0.2) is 0 Å². The van der Waals surface area contributed by atoms with Crippen molar-refractivity contribution in [3.63, 3.8) is 0 Å². The highest BCUT2D eigenvalue weighted by molar-refractivity contribution is 6.99. The van der Waals surface area contributed by atoms with Gasteiger partial charge in [0.1, 0.15) is 0 Å². The van der Waals surface area contributed by atoms with Gasteiger partial charge in [0.2, 0.25) is 0 Å². The summed E-state index contributed by atoms with van der Waals surface area (Å²) in [6.45, 7) is 15.1. The van der Waals surface area contributed by atoms with Gasteiger partial charge in [-0.05, 0) is 58.3 Å². The van der Waals surface area contributed by atoms with E-state index in [4.69, 9.17) is 4.43 Å². The summed E-state index contributed by atoms with van der Waals surface area (Å²) in [6.07, 6.45) is 3.96. The highest BCUT2D eigenvalue weighted by atomic mass is 28.4. The van der Waals surface area contributed by atoms with Crippen LogP contribution in [0.25, 0.3) is 0 Å². The maximum absolute atomic E-state index is 7.07. The molecule has 2 aromatic carbocycles. The van der Waals surface area contributed by atoms with Gasteiger partial charge in [0.05, 0.1) is 0 Å². The van der Waals surface area contributed by atoms with Crippen molar-refractivity contribution < 1.29 is 4.43 Å². The predicted octanol–water partition coefficient (Wildman–Crippen LogP) is 6.27. The van der Waals surface area contributed by atoms with Crippen molar-refractivity contribution in [2.45, 2.75) is 65.8 Å². The normalized spacial score (nSPS) is 20.7. The lowest BCUT2D eigenvalue weighted by atomic mass is 9.93. The zero-order valence-corrected chi connectivity index (χ0v) is 20.3. The van der Waals surface area contributed by atoms with Crippen LogP contribution in [0.15, 0.2) is 60.7 Å². The zero-order chi connectivity index (χ0) is 21.1. The summed E-state index contributed by atoms with van der Waals surface area (Å²) < 4.78 is 7.07.